The summed E-state index contributed by atoms with van der Waals surface area (Å²) in [5.41, 5.74) is 7.23. The summed E-state index contributed by atoms with van der Waals surface area (Å²) in [7, 11) is 1.83. The standard InChI is InChI=1S/C11H16N2O2/c1-3-15-11(14)8-13(2)10-6-4-5-9(12)7-10/h4-7H,3,8,12H2,1-2H3. The first-order valence-corrected chi connectivity index (χ1v) is 4.85. The maximum Gasteiger partial charge on any atom is 0.325 e. The van der Waals surface area contributed by atoms with Crippen molar-refractivity contribution < 1.29 is 9.53 Å². The van der Waals surface area contributed by atoms with Crippen molar-refractivity contribution in [3.8, 4) is 0 Å². The van der Waals surface area contributed by atoms with Crippen LogP contribution in [0, 0.1) is 0 Å². The van der Waals surface area contributed by atoms with E-state index in [0.717, 1.165) is 5.69 Å². The molecular formula is C11H16N2O2. The zero-order valence-corrected chi connectivity index (χ0v) is 9.06. The third-order valence-electron chi connectivity index (χ3n) is 1.98. The summed E-state index contributed by atoms with van der Waals surface area (Å²) in [5, 5.41) is 0. The molecule has 4 nitrogen and oxygen atoms in total. The van der Waals surface area contributed by atoms with Crippen LogP contribution in [-0.4, -0.2) is 26.2 Å². The summed E-state index contributed by atoms with van der Waals surface area (Å²) in [5.74, 6) is -0.234. The molecule has 4 heteroatoms. The number of nitrogens with two attached hydrogens (primary N) is 1. The molecule has 1 aromatic rings. The molecule has 0 unspecified atom stereocenters. The number of benzene rings is 1. The second kappa shape index (κ2) is 5.24. The van der Waals surface area contributed by atoms with E-state index in [2.05, 4.69) is 0 Å². The monoisotopic (exact) mass is 208 g/mol. The van der Waals surface area contributed by atoms with Gasteiger partial charge in [0.05, 0.1) is 6.61 Å². The van der Waals surface area contributed by atoms with Gasteiger partial charge in [0.25, 0.3) is 0 Å². The van der Waals surface area contributed by atoms with Crippen LogP contribution in [0.2, 0.25) is 0 Å². The van der Waals surface area contributed by atoms with Crippen molar-refractivity contribution in [1.29, 1.82) is 0 Å². The lowest BCUT2D eigenvalue weighted by Crippen LogP contribution is -2.27. The Kier molecular flexibility index (Phi) is 3.97. The molecule has 0 bridgehead atoms. The Bertz CT molecular complexity index is 339. The van der Waals surface area contributed by atoms with E-state index in [0.29, 0.717) is 12.3 Å². The van der Waals surface area contributed by atoms with Gasteiger partial charge in [-0.25, -0.2) is 0 Å². The Morgan fingerprint density at radius 1 is 1.53 bits per heavy atom. The lowest BCUT2D eigenvalue weighted by Gasteiger charge is -2.18. The minimum atomic E-state index is -0.234. The van der Waals surface area contributed by atoms with Crippen LogP contribution < -0.4 is 10.6 Å². The van der Waals surface area contributed by atoms with Gasteiger partial charge in [0.15, 0.2) is 0 Å². The fraction of sp³-hybridized carbons (Fsp3) is 0.364. The molecule has 0 radical (unpaired) electrons. The quantitative estimate of drug-likeness (QED) is 0.598. The van der Waals surface area contributed by atoms with Gasteiger partial charge in [0.2, 0.25) is 0 Å². The highest BCUT2D eigenvalue weighted by Crippen LogP contribution is 2.15. The van der Waals surface area contributed by atoms with E-state index in [1.165, 1.54) is 0 Å². The number of ether oxygens (including phenoxy) is 1. The SMILES string of the molecule is CCOC(=O)CN(C)c1cccc(N)c1. The fourth-order valence-corrected chi connectivity index (χ4v) is 1.25. The minimum Gasteiger partial charge on any atom is -0.465 e. The molecule has 82 valence electrons. The number of hydrogen-bond donors (Lipinski definition) is 1. The average Bonchev–Trinajstić information content (AvgIpc) is 2.18. The molecule has 0 atom stereocenters. The smallest absolute Gasteiger partial charge is 0.325 e. The molecule has 0 fully saturated rings. The molecule has 15 heavy (non-hydrogen) atoms. The summed E-state index contributed by atoms with van der Waals surface area (Å²) in [6.45, 7) is 2.43. The van der Waals surface area contributed by atoms with Gasteiger partial charge in [-0.05, 0) is 25.1 Å². The van der Waals surface area contributed by atoms with Crippen LogP contribution >= 0.6 is 0 Å². The van der Waals surface area contributed by atoms with Gasteiger partial charge in [0, 0.05) is 18.4 Å². The van der Waals surface area contributed by atoms with Gasteiger partial charge >= 0.3 is 5.97 Å². The largest absolute Gasteiger partial charge is 0.465 e. The first-order valence-electron chi connectivity index (χ1n) is 4.85. The number of nitrogens with zero attached hydrogens (tertiary/aromatic N) is 1. The summed E-state index contributed by atoms with van der Waals surface area (Å²) in [6.07, 6.45) is 0. The van der Waals surface area contributed by atoms with E-state index in [1.807, 2.05) is 31.3 Å². The predicted octanol–water partition coefficient (Wildman–Crippen LogP) is 1.27. The lowest BCUT2D eigenvalue weighted by molar-refractivity contribution is -0.141. The highest BCUT2D eigenvalue weighted by molar-refractivity contribution is 5.76. The molecule has 0 saturated heterocycles. The summed E-state index contributed by atoms with van der Waals surface area (Å²) in [6, 6.07) is 7.38. The Morgan fingerprint density at radius 3 is 2.87 bits per heavy atom. The maximum absolute atomic E-state index is 11.2. The number of carbonyl (C=O) groups excluding carboxylic acids is 1. The van der Waals surface area contributed by atoms with Crippen LogP contribution in [0.1, 0.15) is 6.92 Å². The Balaban J connectivity index is 2.60. The van der Waals surface area contributed by atoms with Gasteiger partial charge in [-0.15, -0.1) is 0 Å². The van der Waals surface area contributed by atoms with Crippen molar-refractivity contribution in [1.82, 2.24) is 0 Å². The maximum atomic E-state index is 11.2. The second-order valence-corrected chi connectivity index (χ2v) is 3.26. The van der Waals surface area contributed by atoms with Crippen molar-refractivity contribution in [2.24, 2.45) is 0 Å². The number of hydrogen-bond acceptors (Lipinski definition) is 4. The zero-order valence-electron chi connectivity index (χ0n) is 9.06. The molecule has 1 rings (SSSR count). The first kappa shape index (κ1) is 11.4. The molecule has 0 spiro atoms. The number of likely N-dealkylation sites (N-methyl/N-ethyl adjacent to an activating group) is 1. The molecule has 2 N–H and O–H groups in total. The Labute approximate surface area is 89.6 Å². The van der Waals surface area contributed by atoms with Gasteiger partial charge < -0.3 is 15.4 Å². The number of anilines is 2. The highest BCUT2D eigenvalue weighted by atomic mass is 16.5. The van der Waals surface area contributed by atoms with Crippen molar-refractivity contribution >= 4 is 17.3 Å². The van der Waals surface area contributed by atoms with Gasteiger partial charge in [0.1, 0.15) is 6.54 Å². The van der Waals surface area contributed by atoms with E-state index in [9.17, 15) is 4.79 Å². The lowest BCUT2D eigenvalue weighted by atomic mass is 10.2. The van der Waals surface area contributed by atoms with Crippen molar-refractivity contribution in [3.63, 3.8) is 0 Å². The predicted molar refractivity (Wildman–Crippen MR) is 60.8 cm³/mol. The highest BCUT2D eigenvalue weighted by Gasteiger charge is 2.07. The molecule has 0 aliphatic rings. The number of nitrogen functional groups attached to an aromatic ring is 1. The van der Waals surface area contributed by atoms with Crippen LogP contribution in [-0.2, 0) is 9.53 Å². The van der Waals surface area contributed by atoms with Crippen molar-refractivity contribution in [3.05, 3.63) is 24.3 Å². The van der Waals surface area contributed by atoms with Gasteiger partial charge in [-0.1, -0.05) is 6.07 Å². The molecule has 0 saturated carbocycles. The molecule has 0 amide bonds. The van der Waals surface area contributed by atoms with Crippen LogP contribution in [0.15, 0.2) is 24.3 Å². The third kappa shape index (κ3) is 3.50. The molecule has 0 aliphatic heterocycles. The van der Waals surface area contributed by atoms with Crippen LogP contribution in [0.25, 0.3) is 0 Å². The van der Waals surface area contributed by atoms with E-state index in [1.54, 1.807) is 11.8 Å². The molecular weight excluding hydrogens is 192 g/mol. The number of esters is 1. The number of rotatable bonds is 4. The molecule has 1 aromatic carbocycles. The van der Waals surface area contributed by atoms with Gasteiger partial charge in [-0.3, -0.25) is 4.79 Å². The summed E-state index contributed by atoms with van der Waals surface area (Å²) >= 11 is 0. The number of carbonyl (C=O) groups is 1. The zero-order chi connectivity index (χ0) is 11.3. The molecule has 0 aromatic heterocycles. The van der Waals surface area contributed by atoms with E-state index >= 15 is 0 Å². The topological polar surface area (TPSA) is 55.6 Å². The molecule has 0 aliphatic carbocycles. The minimum absolute atomic E-state index is 0.233. The van der Waals surface area contributed by atoms with Gasteiger partial charge in [-0.2, -0.15) is 0 Å². The van der Waals surface area contributed by atoms with E-state index < -0.39 is 0 Å². The Morgan fingerprint density at radius 2 is 2.27 bits per heavy atom. The fourth-order valence-electron chi connectivity index (χ4n) is 1.25. The van der Waals surface area contributed by atoms with Crippen molar-refractivity contribution in [2.75, 3.05) is 30.8 Å². The van der Waals surface area contributed by atoms with Crippen LogP contribution in [0.5, 0.6) is 0 Å². The third-order valence-corrected chi connectivity index (χ3v) is 1.98. The molecule has 0 heterocycles. The van der Waals surface area contributed by atoms with Crippen LogP contribution in [0.3, 0.4) is 0 Å². The average molecular weight is 208 g/mol. The first-order chi connectivity index (χ1) is 7.13. The summed E-state index contributed by atoms with van der Waals surface area (Å²) in [4.78, 5) is 13.0. The summed E-state index contributed by atoms with van der Waals surface area (Å²) < 4.78 is 4.85. The van der Waals surface area contributed by atoms with Crippen LogP contribution in [0.4, 0.5) is 11.4 Å². The van der Waals surface area contributed by atoms with E-state index in [-0.39, 0.29) is 12.5 Å². The normalized spacial score (nSPS) is 9.73. The van der Waals surface area contributed by atoms with Crippen molar-refractivity contribution in [2.45, 2.75) is 6.92 Å². The Hall–Kier alpha value is -1.71. The second-order valence-electron chi connectivity index (χ2n) is 3.26. The van der Waals surface area contributed by atoms with E-state index in [4.69, 9.17) is 10.5 Å².